The molecule has 0 atom stereocenters. The van der Waals surface area contributed by atoms with Gasteiger partial charge in [-0.3, -0.25) is 14.6 Å². The number of hydrogen-bond acceptors (Lipinski definition) is 4. The van der Waals surface area contributed by atoms with Crippen LogP contribution < -0.4 is 10.6 Å². The summed E-state index contributed by atoms with van der Waals surface area (Å²) in [4.78, 5) is 7.71. The fraction of sp³-hybridized carbons (Fsp3) is 0.818. The van der Waals surface area contributed by atoms with Gasteiger partial charge in [-0.05, 0) is 45.6 Å². The van der Waals surface area contributed by atoms with E-state index in [1.807, 2.05) is 11.7 Å². The Labute approximate surface area is 176 Å². The van der Waals surface area contributed by atoms with E-state index in [9.17, 15) is 0 Å². The fourth-order valence-electron chi connectivity index (χ4n) is 4.88. The molecule has 0 aromatic carbocycles. The Hall–Kier alpha value is -1.60. The van der Waals surface area contributed by atoms with Crippen molar-refractivity contribution >= 4 is 5.96 Å². The van der Waals surface area contributed by atoms with Crippen molar-refractivity contribution < 1.29 is 4.74 Å². The van der Waals surface area contributed by atoms with E-state index in [0.717, 1.165) is 64.0 Å². The number of ether oxygens (including phenoxy) is 1. The van der Waals surface area contributed by atoms with Crippen LogP contribution in [0.1, 0.15) is 56.0 Å². The van der Waals surface area contributed by atoms with Crippen molar-refractivity contribution in [3.63, 3.8) is 0 Å². The van der Waals surface area contributed by atoms with Crippen molar-refractivity contribution in [2.24, 2.45) is 12.0 Å². The SMILES string of the molecule is CCNC(=NCC1(N2CCOCC2)CCCCC1)NCCc1c(C)nn(C)c1C. The van der Waals surface area contributed by atoms with E-state index in [1.54, 1.807) is 0 Å². The van der Waals surface area contributed by atoms with Crippen LogP contribution >= 0.6 is 0 Å². The van der Waals surface area contributed by atoms with Crippen molar-refractivity contribution in [3.05, 3.63) is 17.0 Å². The van der Waals surface area contributed by atoms with Crippen molar-refractivity contribution in [2.45, 2.75) is 64.8 Å². The number of nitrogens with zero attached hydrogens (tertiary/aromatic N) is 4. The third-order valence-corrected chi connectivity index (χ3v) is 6.67. The molecule has 1 aliphatic heterocycles. The molecule has 1 saturated heterocycles. The van der Waals surface area contributed by atoms with Gasteiger partial charge in [-0.1, -0.05) is 19.3 Å². The van der Waals surface area contributed by atoms with E-state index in [2.05, 4.69) is 41.4 Å². The summed E-state index contributed by atoms with van der Waals surface area (Å²) in [7, 11) is 2.01. The molecule has 1 aliphatic carbocycles. The summed E-state index contributed by atoms with van der Waals surface area (Å²) in [5.41, 5.74) is 3.93. The van der Waals surface area contributed by atoms with Gasteiger partial charge in [0, 0.05) is 44.5 Å². The largest absolute Gasteiger partial charge is 0.379 e. The van der Waals surface area contributed by atoms with Gasteiger partial charge in [-0.25, -0.2) is 0 Å². The zero-order chi connectivity index (χ0) is 20.7. The quantitative estimate of drug-likeness (QED) is 0.539. The lowest BCUT2D eigenvalue weighted by atomic mass is 9.80. The number of guanidine groups is 1. The lowest BCUT2D eigenvalue weighted by Crippen LogP contribution is -2.56. The van der Waals surface area contributed by atoms with E-state index < -0.39 is 0 Å². The second-order valence-electron chi connectivity index (χ2n) is 8.53. The first-order chi connectivity index (χ1) is 14.1. The maximum absolute atomic E-state index is 5.61. The summed E-state index contributed by atoms with van der Waals surface area (Å²) in [6.07, 6.45) is 7.46. The van der Waals surface area contributed by atoms with Gasteiger partial charge in [-0.2, -0.15) is 5.10 Å². The number of morpholine rings is 1. The molecule has 7 heteroatoms. The molecule has 0 radical (unpaired) electrons. The van der Waals surface area contributed by atoms with Gasteiger partial charge in [0.05, 0.1) is 25.5 Å². The van der Waals surface area contributed by atoms with Gasteiger partial charge in [0.1, 0.15) is 0 Å². The maximum Gasteiger partial charge on any atom is 0.191 e. The Morgan fingerprint density at radius 3 is 2.48 bits per heavy atom. The summed E-state index contributed by atoms with van der Waals surface area (Å²) in [6.45, 7) is 12.8. The summed E-state index contributed by atoms with van der Waals surface area (Å²) in [5.74, 6) is 0.935. The predicted octanol–water partition coefficient (Wildman–Crippen LogP) is 2.17. The minimum atomic E-state index is 0.209. The molecule has 2 heterocycles. The van der Waals surface area contributed by atoms with Crippen LogP contribution in [0.3, 0.4) is 0 Å². The molecule has 3 rings (SSSR count). The molecule has 7 nitrogen and oxygen atoms in total. The van der Waals surface area contributed by atoms with Gasteiger partial charge in [0.2, 0.25) is 0 Å². The van der Waals surface area contributed by atoms with E-state index in [0.29, 0.717) is 0 Å². The first kappa shape index (κ1) is 22.1. The number of hydrogen-bond donors (Lipinski definition) is 2. The number of aliphatic imine (C=N–C) groups is 1. The molecular weight excluding hydrogens is 364 g/mol. The number of nitrogens with one attached hydrogen (secondary N) is 2. The molecule has 0 bridgehead atoms. The summed E-state index contributed by atoms with van der Waals surface area (Å²) < 4.78 is 7.58. The zero-order valence-corrected chi connectivity index (χ0v) is 18.9. The Morgan fingerprint density at radius 1 is 1.14 bits per heavy atom. The Bertz CT molecular complexity index is 671. The van der Waals surface area contributed by atoms with E-state index in [4.69, 9.17) is 9.73 Å². The smallest absolute Gasteiger partial charge is 0.191 e. The molecule has 1 aromatic rings. The molecule has 0 unspecified atom stereocenters. The summed E-state index contributed by atoms with van der Waals surface area (Å²) in [5, 5.41) is 11.5. The van der Waals surface area contributed by atoms with Crippen LogP contribution in [0.4, 0.5) is 0 Å². The number of aryl methyl sites for hydroxylation is 2. The third kappa shape index (κ3) is 5.51. The average molecular weight is 405 g/mol. The molecule has 29 heavy (non-hydrogen) atoms. The van der Waals surface area contributed by atoms with Gasteiger partial charge < -0.3 is 15.4 Å². The van der Waals surface area contributed by atoms with Gasteiger partial charge in [-0.15, -0.1) is 0 Å². The van der Waals surface area contributed by atoms with Crippen LogP contribution in [-0.2, 0) is 18.2 Å². The molecule has 0 amide bonds. The highest BCUT2D eigenvalue weighted by Gasteiger charge is 2.38. The summed E-state index contributed by atoms with van der Waals surface area (Å²) >= 11 is 0. The van der Waals surface area contributed by atoms with Crippen LogP contribution in [0.15, 0.2) is 4.99 Å². The minimum Gasteiger partial charge on any atom is -0.379 e. The van der Waals surface area contributed by atoms with E-state index in [-0.39, 0.29) is 5.54 Å². The van der Waals surface area contributed by atoms with Crippen LogP contribution in [0.25, 0.3) is 0 Å². The van der Waals surface area contributed by atoms with Gasteiger partial charge >= 0.3 is 0 Å². The van der Waals surface area contributed by atoms with Crippen LogP contribution in [0.2, 0.25) is 0 Å². The van der Waals surface area contributed by atoms with E-state index in [1.165, 1.54) is 43.4 Å². The molecule has 2 aliphatic rings. The predicted molar refractivity (Wildman–Crippen MR) is 119 cm³/mol. The summed E-state index contributed by atoms with van der Waals surface area (Å²) in [6, 6.07) is 0. The Kier molecular flexibility index (Phi) is 7.95. The van der Waals surface area contributed by atoms with Crippen molar-refractivity contribution in [1.29, 1.82) is 0 Å². The minimum absolute atomic E-state index is 0.209. The van der Waals surface area contributed by atoms with Crippen molar-refractivity contribution in [2.75, 3.05) is 45.9 Å². The molecule has 2 N–H and O–H groups in total. The lowest BCUT2D eigenvalue weighted by molar-refractivity contribution is -0.0333. The third-order valence-electron chi connectivity index (χ3n) is 6.67. The van der Waals surface area contributed by atoms with Crippen LogP contribution in [-0.4, -0.2) is 72.1 Å². The normalized spacial score (nSPS) is 20.6. The van der Waals surface area contributed by atoms with Crippen molar-refractivity contribution in [1.82, 2.24) is 25.3 Å². The zero-order valence-electron chi connectivity index (χ0n) is 18.9. The second-order valence-corrected chi connectivity index (χ2v) is 8.53. The Morgan fingerprint density at radius 2 is 1.86 bits per heavy atom. The lowest BCUT2D eigenvalue weighted by Gasteiger charge is -2.47. The van der Waals surface area contributed by atoms with Crippen molar-refractivity contribution in [3.8, 4) is 0 Å². The maximum atomic E-state index is 5.61. The molecule has 1 aromatic heterocycles. The van der Waals surface area contributed by atoms with E-state index >= 15 is 0 Å². The fourth-order valence-corrected chi connectivity index (χ4v) is 4.88. The first-order valence-corrected chi connectivity index (χ1v) is 11.4. The topological polar surface area (TPSA) is 66.7 Å². The standard InChI is InChI=1S/C22H40N6O/c1-5-23-21(24-12-9-20-18(2)26-27(4)19(20)3)25-17-22(10-7-6-8-11-22)28-13-15-29-16-14-28/h5-17H2,1-4H3,(H2,23,24,25). The van der Waals surface area contributed by atoms with Gasteiger partial charge in [0.15, 0.2) is 5.96 Å². The highest BCUT2D eigenvalue weighted by Crippen LogP contribution is 2.34. The number of rotatable bonds is 7. The second kappa shape index (κ2) is 10.4. The highest BCUT2D eigenvalue weighted by atomic mass is 16.5. The monoisotopic (exact) mass is 404 g/mol. The number of aromatic nitrogens is 2. The molecule has 1 saturated carbocycles. The molecule has 0 spiro atoms. The molecule has 164 valence electrons. The Balaban J connectivity index is 1.63. The van der Waals surface area contributed by atoms with Crippen LogP contribution in [0.5, 0.6) is 0 Å². The van der Waals surface area contributed by atoms with Gasteiger partial charge in [0.25, 0.3) is 0 Å². The highest BCUT2D eigenvalue weighted by molar-refractivity contribution is 5.79. The van der Waals surface area contributed by atoms with Crippen LogP contribution in [0, 0.1) is 13.8 Å². The average Bonchev–Trinajstić information content (AvgIpc) is 2.99. The molecule has 2 fully saturated rings. The first-order valence-electron chi connectivity index (χ1n) is 11.4. The molecular formula is C22H40N6O.